The molecule has 1 rings (SSSR count). The van der Waals surface area contributed by atoms with Gasteiger partial charge in [0, 0.05) is 17.9 Å². The molecule has 0 unspecified atom stereocenters. The molecule has 1 aromatic rings. The van der Waals surface area contributed by atoms with Gasteiger partial charge in [0.1, 0.15) is 18.2 Å². The monoisotopic (exact) mass is 262 g/mol. The Morgan fingerprint density at radius 2 is 2.12 bits per heavy atom. The Morgan fingerprint density at radius 3 is 2.59 bits per heavy atom. The second-order valence-corrected chi connectivity index (χ2v) is 6.10. The minimum absolute atomic E-state index is 0.0215. The minimum Gasteiger partial charge on any atom is -0.492 e. The molecule has 0 saturated carbocycles. The largest absolute Gasteiger partial charge is 0.492 e. The van der Waals surface area contributed by atoms with Crippen molar-refractivity contribution in [3.63, 3.8) is 0 Å². The molecule has 0 aliphatic heterocycles. The van der Waals surface area contributed by atoms with Crippen LogP contribution in [0.1, 0.15) is 18.6 Å². The van der Waals surface area contributed by atoms with Crippen molar-refractivity contribution in [3.8, 4) is 5.75 Å². The zero-order valence-electron chi connectivity index (χ0n) is 9.68. The predicted octanol–water partition coefficient (Wildman–Crippen LogP) is 1.30. The molecule has 0 aromatic heterocycles. The zero-order chi connectivity index (χ0) is 13.1. The van der Waals surface area contributed by atoms with Crippen LogP contribution in [0.3, 0.4) is 0 Å². The molecule has 0 bridgehead atoms. The summed E-state index contributed by atoms with van der Waals surface area (Å²) in [5.41, 5.74) is 0.181. The quantitative estimate of drug-likeness (QED) is 0.868. The maximum absolute atomic E-state index is 13.4. The van der Waals surface area contributed by atoms with Crippen LogP contribution in [0.2, 0.25) is 0 Å². The third kappa shape index (κ3) is 4.70. The molecule has 4 nitrogen and oxygen atoms in total. The molecule has 17 heavy (non-hydrogen) atoms. The Kier molecular flexibility index (Phi) is 4.47. The summed E-state index contributed by atoms with van der Waals surface area (Å²) in [5, 5.41) is 9.22. The van der Waals surface area contributed by atoms with Gasteiger partial charge in [0.05, 0.1) is 11.9 Å². The van der Waals surface area contributed by atoms with Crippen molar-refractivity contribution in [1.82, 2.24) is 0 Å². The predicted molar refractivity (Wildman–Crippen MR) is 62.2 cm³/mol. The molecule has 96 valence electrons. The average Bonchev–Trinajstić information content (AvgIpc) is 2.15. The van der Waals surface area contributed by atoms with E-state index >= 15 is 0 Å². The molecule has 0 aliphatic carbocycles. The van der Waals surface area contributed by atoms with Crippen LogP contribution in [-0.2, 0) is 9.84 Å². The molecule has 0 spiro atoms. The SMILES string of the molecule is C[C@H](O)c1ccc(OCCS(C)(=O)=O)cc1F. The standard InChI is InChI=1S/C11H15FO4S/c1-8(13)10-4-3-9(7-11(10)12)16-5-6-17(2,14)15/h3-4,7-8,13H,5-6H2,1-2H3/t8-/m0/s1. The summed E-state index contributed by atoms with van der Waals surface area (Å²) in [5.74, 6) is -0.445. The lowest BCUT2D eigenvalue weighted by Gasteiger charge is -2.09. The van der Waals surface area contributed by atoms with Gasteiger partial charge in [-0.25, -0.2) is 12.8 Å². The summed E-state index contributed by atoms with van der Waals surface area (Å²) in [6, 6.07) is 4.04. The van der Waals surface area contributed by atoms with E-state index in [4.69, 9.17) is 4.74 Å². The van der Waals surface area contributed by atoms with Crippen molar-refractivity contribution in [2.45, 2.75) is 13.0 Å². The van der Waals surface area contributed by atoms with Crippen molar-refractivity contribution in [2.75, 3.05) is 18.6 Å². The van der Waals surface area contributed by atoms with Gasteiger partial charge in [-0.05, 0) is 19.1 Å². The molecule has 0 heterocycles. The number of rotatable bonds is 5. The average molecular weight is 262 g/mol. The van der Waals surface area contributed by atoms with E-state index in [1.54, 1.807) is 0 Å². The van der Waals surface area contributed by atoms with Gasteiger partial charge in [0.25, 0.3) is 0 Å². The summed E-state index contributed by atoms with van der Waals surface area (Å²) in [7, 11) is -3.08. The topological polar surface area (TPSA) is 63.6 Å². The van der Waals surface area contributed by atoms with Crippen LogP contribution in [0.5, 0.6) is 5.75 Å². The van der Waals surface area contributed by atoms with Crippen LogP contribution < -0.4 is 4.74 Å². The van der Waals surface area contributed by atoms with Crippen molar-refractivity contribution in [3.05, 3.63) is 29.6 Å². The first-order chi connectivity index (χ1) is 7.79. The van der Waals surface area contributed by atoms with E-state index < -0.39 is 21.8 Å². The Hall–Kier alpha value is -1.14. The first-order valence-corrected chi connectivity index (χ1v) is 7.13. The second-order valence-electron chi connectivity index (χ2n) is 3.84. The maximum Gasteiger partial charge on any atom is 0.150 e. The summed E-state index contributed by atoms with van der Waals surface area (Å²) >= 11 is 0. The number of hydrogen-bond donors (Lipinski definition) is 1. The highest BCUT2D eigenvalue weighted by molar-refractivity contribution is 7.90. The summed E-state index contributed by atoms with van der Waals surface area (Å²) in [6.07, 6.45) is 0.216. The number of aliphatic hydroxyl groups excluding tert-OH is 1. The Bertz CT molecular complexity index is 482. The first-order valence-electron chi connectivity index (χ1n) is 5.07. The molecule has 1 atom stereocenters. The fraction of sp³-hybridized carbons (Fsp3) is 0.455. The van der Waals surface area contributed by atoms with Crippen LogP contribution in [0.25, 0.3) is 0 Å². The third-order valence-electron chi connectivity index (χ3n) is 2.14. The van der Waals surface area contributed by atoms with Crippen molar-refractivity contribution in [2.24, 2.45) is 0 Å². The summed E-state index contributed by atoms with van der Waals surface area (Å²) < 4.78 is 40.2. The number of halogens is 1. The molecular weight excluding hydrogens is 247 g/mol. The molecule has 0 amide bonds. The highest BCUT2D eigenvalue weighted by atomic mass is 32.2. The van der Waals surface area contributed by atoms with Gasteiger partial charge in [-0.15, -0.1) is 0 Å². The van der Waals surface area contributed by atoms with E-state index in [-0.39, 0.29) is 23.7 Å². The smallest absolute Gasteiger partial charge is 0.150 e. The fourth-order valence-electron chi connectivity index (χ4n) is 1.25. The maximum atomic E-state index is 13.4. The fourth-order valence-corrected chi connectivity index (χ4v) is 1.63. The number of ether oxygens (including phenoxy) is 1. The van der Waals surface area contributed by atoms with Crippen LogP contribution in [0, 0.1) is 5.82 Å². The molecular formula is C11H15FO4S. The first kappa shape index (κ1) is 13.9. The van der Waals surface area contributed by atoms with E-state index in [9.17, 15) is 17.9 Å². The molecule has 1 aromatic carbocycles. The van der Waals surface area contributed by atoms with Gasteiger partial charge < -0.3 is 9.84 Å². The van der Waals surface area contributed by atoms with E-state index in [0.29, 0.717) is 0 Å². The lowest BCUT2D eigenvalue weighted by Crippen LogP contribution is -2.12. The lowest BCUT2D eigenvalue weighted by molar-refractivity contribution is 0.194. The van der Waals surface area contributed by atoms with Gasteiger partial charge >= 0.3 is 0 Å². The van der Waals surface area contributed by atoms with Gasteiger partial charge in [-0.3, -0.25) is 0 Å². The highest BCUT2D eigenvalue weighted by Gasteiger charge is 2.09. The van der Waals surface area contributed by atoms with Gasteiger partial charge in [0.2, 0.25) is 0 Å². The van der Waals surface area contributed by atoms with Crippen molar-refractivity contribution < 1.29 is 22.7 Å². The number of aliphatic hydroxyl groups is 1. The van der Waals surface area contributed by atoms with Crippen LogP contribution in [0.4, 0.5) is 4.39 Å². The van der Waals surface area contributed by atoms with E-state index in [1.807, 2.05) is 0 Å². The van der Waals surface area contributed by atoms with E-state index in [1.165, 1.54) is 19.1 Å². The summed E-state index contributed by atoms with van der Waals surface area (Å²) in [4.78, 5) is 0. The molecule has 0 radical (unpaired) electrons. The molecule has 0 saturated heterocycles. The van der Waals surface area contributed by atoms with Gasteiger partial charge in [0.15, 0.2) is 9.84 Å². The van der Waals surface area contributed by atoms with Crippen molar-refractivity contribution >= 4 is 9.84 Å². The highest BCUT2D eigenvalue weighted by Crippen LogP contribution is 2.21. The van der Waals surface area contributed by atoms with E-state index in [2.05, 4.69) is 0 Å². The van der Waals surface area contributed by atoms with E-state index in [0.717, 1.165) is 12.3 Å². The molecule has 0 fully saturated rings. The van der Waals surface area contributed by atoms with Crippen LogP contribution in [-0.4, -0.2) is 32.1 Å². The Morgan fingerprint density at radius 1 is 1.47 bits per heavy atom. The Balaban J connectivity index is 2.65. The zero-order valence-corrected chi connectivity index (χ0v) is 10.5. The summed E-state index contributed by atoms with van der Waals surface area (Å²) in [6.45, 7) is 1.44. The van der Waals surface area contributed by atoms with Gasteiger partial charge in [-0.1, -0.05) is 0 Å². The number of sulfone groups is 1. The molecule has 6 heteroatoms. The molecule has 1 N–H and O–H groups in total. The number of hydrogen-bond acceptors (Lipinski definition) is 4. The third-order valence-corrected chi connectivity index (χ3v) is 3.05. The van der Waals surface area contributed by atoms with Crippen LogP contribution in [0.15, 0.2) is 18.2 Å². The second kappa shape index (κ2) is 5.46. The Labute approximate surface area is 100.0 Å². The molecule has 0 aliphatic rings. The van der Waals surface area contributed by atoms with Crippen LogP contribution >= 0.6 is 0 Å². The number of benzene rings is 1. The lowest BCUT2D eigenvalue weighted by atomic mass is 10.1. The van der Waals surface area contributed by atoms with Crippen molar-refractivity contribution in [1.29, 1.82) is 0 Å². The normalized spacial score (nSPS) is 13.4. The van der Waals surface area contributed by atoms with Gasteiger partial charge in [-0.2, -0.15) is 0 Å². The minimum atomic E-state index is -3.08.